The minimum Gasteiger partial charge on any atom is -0.423 e. The minimum atomic E-state index is -0.479. The molecule has 0 spiro atoms. The van der Waals surface area contributed by atoms with Crippen LogP contribution in [0.1, 0.15) is 112 Å². The first-order chi connectivity index (χ1) is 26.6. The van der Waals surface area contributed by atoms with Crippen molar-refractivity contribution in [2.45, 2.75) is 104 Å². The van der Waals surface area contributed by atoms with Gasteiger partial charge < -0.3 is 18.6 Å². The Bertz CT molecular complexity index is 2200. The Morgan fingerprint density at radius 3 is 1.22 bits per heavy atom. The normalized spacial score (nSPS) is 11.6. The van der Waals surface area contributed by atoms with Crippen molar-refractivity contribution in [2.24, 2.45) is 0 Å². The Balaban J connectivity index is 1.01. The molecule has 0 aliphatic carbocycles. The van der Waals surface area contributed by atoms with Gasteiger partial charge in [0.25, 0.3) is 0 Å². The van der Waals surface area contributed by atoms with Crippen molar-refractivity contribution >= 4 is 55.6 Å². The van der Waals surface area contributed by atoms with Crippen molar-refractivity contribution in [3.63, 3.8) is 0 Å². The molecule has 5 aromatic carbocycles. The van der Waals surface area contributed by atoms with Crippen LogP contribution in [0.15, 0.2) is 109 Å². The number of esters is 2. The van der Waals surface area contributed by atoms with Crippen molar-refractivity contribution in [1.82, 2.24) is 9.13 Å². The molecule has 0 amide bonds. The number of hydrogen-bond acceptors (Lipinski definition) is 4. The van der Waals surface area contributed by atoms with E-state index in [-0.39, 0.29) is 0 Å². The maximum Gasteiger partial charge on any atom is 0.343 e. The molecule has 7 aromatic rings. The number of aryl methyl sites for hydroxylation is 2. The molecule has 54 heavy (non-hydrogen) atoms. The average molecular weight is 721 g/mol. The second-order valence-corrected chi connectivity index (χ2v) is 14.6. The summed E-state index contributed by atoms with van der Waals surface area (Å²) in [7, 11) is 0. The summed E-state index contributed by atoms with van der Waals surface area (Å²) in [4.78, 5) is 26.5. The first-order valence-corrected chi connectivity index (χ1v) is 20.1. The summed E-state index contributed by atoms with van der Waals surface area (Å²) in [5.41, 5.74) is 5.40. The zero-order chi connectivity index (χ0) is 37.3. The average Bonchev–Trinajstić information content (AvgIpc) is 3.69. The van der Waals surface area contributed by atoms with E-state index in [0.717, 1.165) is 58.5 Å². The zero-order valence-electron chi connectivity index (χ0n) is 31.8. The van der Waals surface area contributed by atoms with E-state index in [1.165, 1.54) is 75.2 Å². The Morgan fingerprint density at radius 2 is 0.796 bits per heavy atom. The number of benzene rings is 5. The van der Waals surface area contributed by atoms with Crippen LogP contribution >= 0.6 is 0 Å². The highest BCUT2D eigenvalue weighted by atomic mass is 16.5. The lowest BCUT2D eigenvalue weighted by molar-refractivity contribution is 0.0720. The second kappa shape index (κ2) is 17.6. The Kier molecular flexibility index (Phi) is 12.1. The molecule has 2 heterocycles. The molecular weight excluding hydrogens is 669 g/mol. The molecular formula is C48H52N2O4. The van der Waals surface area contributed by atoms with E-state index in [4.69, 9.17) is 9.47 Å². The summed E-state index contributed by atoms with van der Waals surface area (Å²) in [6.45, 7) is 6.42. The van der Waals surface area contributed by atoms with E-state index in [9.17, 15) is 9.59 Å². The number of carbonyl (C=O) groups excluding carboxylic acids is 2. The fourth-order valence-corrected chi connectivity index (χ4v) is 7.85. The van der Waals surface area contributed by atoms with Gasteiger partial charge in [-0.2, -0.15) is 0 Å². The minimum absolute atomic E-state index is 0.358. The van der Waals surface area contributed by atoms with Gasteiger partial charge in [-0.1, -0.05) is 114 Å². The molecule has 0 bridgehead atoms. The largest absolute Gasteiger partial charge is 0.423 e. The van der Waals surface area contributed by atoms with E-state index in [1.807, 2.05) is 24.3 Å². The predicted octanol–water partition coefficient (Wildman–Crippen LogP) is 13.1. The van der Waals surface area contributed by atoms with Gasteiger partial charge in [0.2, 0.25) is 0 Å². The third kappa shape index (κ3) is 8.23. The summed E-state index contributed by atoms with van der Waals surface area (Å²) >= 11 is 0. The van der Waals surface area contributed by atoms with E-state index in [0.29, 0.717) is 22.6 Å². The lowest BCUT2D eigenvalue weighted by Gasteiger charge is -2.09. The fourth-order valence-electron chi connectivity index (χ4n) is 7.85. The van der Waals surface area contributed by atoms with Crippen LogP contribution in [0.3, 0.4) is 0 Å². The van der Waals surface area contributed by atoms with Crippen LogP contribution in [-0.4, -0.2) is 21.1 Å². The van der Waals surface area contributed by atoms with Crippen LogP contribution in [-0.2, 0) is 13.1 Å². The molecule has 0 unspecified atom stereocenters. The van der Waals surface area contributed by atoms with E-state index >= 15 is 0 Å². The molecule has 2 aromatic heterocycles. The molecule has 0 N–H and O–H groups in total. The van der Waals surface area contributed by atoms with Gasteiger partial charge in [0.15, 0.2) is 0 Å². The summed E-state index contributed by atoms with van der Waals surface area (Å²) in [5.74, 6) is 0.0186. The van der Waals surface area contributed by atoms with Gasteiger partial charge in [0.1, 0.15) is 11.5 Å². The van der Waals surface area contributed by atoms with Crippen molar-refractivity contribution in [2.75, 3.05) is 0 Å². The summed E-state index contributed by atoms with van der Waals surface area (Å²) < 4.78 is 16.5. The van der Waals surface area contributed by atoms with E-state index in [2.05, 4.69) is 83.6 Å². The molecule has 6 heteroatoms. The number of carbonyl (C=O) groups is 2. The lowest BCUT2D eigenvalue weighted by Crippen LogP contribution is -2.11. The number of rotatable bonds is 18. The Morgan fingerprint density at radius 1 is 0.426 bits per heavy atom. The number of hydrogen-bond donors (Lipinski definition) is 0. The van der Waals surface area contributed by atoms with Gasteiger partial charge in [-0.05, 0) is 85.6 Å². The molecule has 278 valence electrons. The predicted molar refractivity (Wildman–Crippen MR) is 222 cm³/mol. The third-order valence-electron chi connectivity index (χ3n) is 10.7. The molecule has 0 aliphatic rings. The Labute approximate surface area is 318 Å². The molecule has 0 atom stereocenters. The van der Waals surface area contributed by atoms with Gasteiger partial charge in [0.05, 0.1) is 11.1 Å². The highest BCUT2D eigenvalue weighted by Crippen LogP contribution is 2.34. The standard InChI is InChI=1S/C48H52N2O4/c1-3-5-7-9-11-17-31-49-43-21-15-13-19-39(43)41-33-37(27-29-45(41)49)53-47(51)35-23-25-36(26-24-35)48(52)54-38-28-30-46-42(34-38)40-20-14-16-22-44(40)50(46)32-18-12-10-8-6-4-2/h13-16,19-30,33-34H,3-12,17-18,31-32H2,1-2H3. The summed E-state index contributed by atoms with van der Waals surface area (Å²) in [5, 5.41) is 4.44. The van der Waals surface area contributed by atoms with E-state index in [1.54, 1.807) is 24.3 Å². The van der Waals surface area contributed by atoms with Crippen molar-refractivity contribution in [3.8, 4) is 11.5 Å². The van der Waals surface area contributed by atoms with Crippen LogP contribution in [0.25, 0.3) is 43.6 Å². The van der Waals surface area contributed by atoms with Gasteiger partial charge in [-0.3, -0.25) is 0 Å². The first kappa shape index (κ1) is 37.0. The van der Waals surface area contributed by atoms with Gasteiger partial charge in [-0.25, -0.2) is 9.59 Å². The maximum absolute atomic E-state index is 13.3. The third-order valence-corrected chi connectivity index (χ3v) is 10.7. The van der Waals surface area contributed by atoms with Crippen molar-refractivity contribution < 1.29 is 19.1 Å². The number of unbranched alkanes of at least 4 members (excludes halogenated alkanes) is 10. The SMILES string of the molecule is CCCCCCCCn1c2ccccc2c2cc(OC(=O)c3ccc(C(=O)Oc4ccc5c(c4)c4ccccc4n5CCCCCCCC)cc3)ccc21. The van der Waals surface area contributed by atoms with Crippen molar-refractivity contribution in [1.29, 1.82) is 0 Å². The number of ether oxygens (including phenoxy) is 2. The maximum atomic E-state index is 13.3. The molecule has 6 nitrogen and oxygen atoms in total. The van der Waals surface area contributed by atoms with Crippen molar-refractivity contribution in [3.05, 3.63) is 120 Å². The van der Waals surface area contributed by atoms with Crippen LogP contribution in [0, 0.1) is 0 Å². The highest BCUT2D eigenvalue weighted by molar-refractivity contribution is 6.10. The lowest BCUT2D eigenvalue weighted by atomic mass is 10.1. The fraction of sp³-hybridized carbons (Fsp3) is 0.333. The van der Waals surface area contributed by atoms with Crippen LogP contribution < -0.4 is 9.47 Å². The summed E-state index contributed by atoms with van der Waals surface area (Å²) in [6.07, 6.45) is 15.0. The molecule has 0 saturated heterocycles. The molecule has 7 rings (SSSR count). The van der Waals surface area contributed by atoms with Crippen LogP contribution in [0.5, 0.6) is 11.5 Å². The smallest absolute Gasteiger partial charge is 0.343 e. The first-order valence-electron chi connectivity index (χ1n) is 20.1. The quantitative estimate of drug-likeness (QED) is 0.0503. The number of nitrogens with zero attached hydrogens (tertiary/aromatic N) is 2. The van der Waals surface area contributed by atoms with Crippen LogP contribution in [0.2, 0.25) is 0 Å². The topological polar surface area (TPSA) is 62.5 Å². The molecule has 0 radical (unpaired) electrons. The summed E-state index contributed by atoms with van der Waals surface area (Å²) in [6, 6.07) is 35.1. The Hall–Kier alpha value is -5.36. The van der Waals surface area contributed by atoms with Gasteiger partial charge in [-0.15, -0.1) is 0 Å². The van der Waals surface area contributed by atoms with Gasteiger partial charge in [0, 0.05) is 56.7 Å². The highest BCUT2D eigenvalue weighted by Gasteiger charge is 2.17. The number of para-hydroxylation sites is 2. The zero-order valence-corrected chi connectivity index (χ0v) is 31.8. The molecule has 0 aliphatic heterocycles. The molecule has 0 saturated carbocycles. The monoisotopic (exact) mass is 720 g/mol. The van der Waals surface area contributed by atoms with E-state index < -0.39 is 11.9 Å². The molecule has 0 fully saturated rings. The van der Waals surface area contributed by atoms with Crippen LogP contribution in [0.4, 0.5) is 0 Å². The van der Waals surface area contributed by atoms with Gasteiger partial charge >= 0.3 is 11.9 Å². The number of fused-ring (bicyclic) bond motifs is 6. The second-order valence-electron chi connectivity index (χ2n) is 14.6. The number of aromatic nitrogens is 2.